The number of aromatic nitrogens is 1. The number of nitrogens with one attached hydrogen (secondary N) is 1. The molecule has 0 aromatic carbocycles. The van der Waals surface area contributed by atoms with E-state index in [1.807, 2.05) is 11.3 Å². The highest BCUT2D eigenvalue weighted by atomic mass is 32.1. The monoisotopic (exact) mass is 252 g/mol. The molecule has 0 spiro atoms. The van der Waals surface area contributed by atoms with E-state index >= 15 is 0 Å². The number of hydrogen-bond acceptors (Lipinski definition) is 3. The number of aryl methyl sites for hydroxylation is 1. The molecule has 1 fully saturated rings. The molecule has 0 atom stereocenters. The van der Waals surface area contributed by atoms with Crippen LogP contribution in [-0.2, 0) is 19.4 Å². The highest BCUT2D eigenvalue weighted by molar-refractivity contribution is 7.11. The highest BCUT2D eigenvalue weighted by Crippen LogP contribution is 2.25. The van der Waals surface area contributed by atoms with Gasteiger partial charge in [0.1, 0.15) is 0 Å². The Morgan fingerprint density at radius 2 is 2.18 bits per heavy atom. The molecule has 17 heavy (non-hydrogen) atoms. The average molecular weight is 252 g/mol. The molecule has 0 amide bonds. The van der Waals surface area contributed by atoms with Crippen LogP contribution in [0.15, 0.2) is 0 Å². The quantitative estimate of drug-likeness (QED) is 0.803. The van der Waals surface area contributed by atoms with Gasteiger partial charge in [0.25, 0.3) is 0 Å². The molecule has 1 aliphatic rings. The normalized spacial score (nSPS) is 15.8. The molecule has 1 heterocycles. The maximum absolute atomic E-state index is 4.82. The zero-order valence-corrected chi connectivity index (χ0v) is 12.1. The van der Waals surface area contributed by atoms with Crippen molar-refractivity contribution >= 4 is 11.3 Å². The zero-order valence-electron chi connectivity index (χ0n) is 11.3. The Bertz CT molecular complexity index is 353. The Balaban J connectivity index is 2.00. The van der Waals surface area contributed by atoms with E-state index in [1.165, 1.54) is 34.8 Å². The van der Waals surface area contributed by atoms with E-state index < -0.39 is 0 Å². The van der Waals surface area contributed by atoms with Crippen LogP contribution in [0.1, 0.15) is 55.6 Å². The van der Waals surface area contributed by atoms with Gasteiger partial charge in [0.05, 0.1) is 10.7 Å². The van der Waals surface area contributed by atoms with Crippen molar-refractivity contribution in [2.45, 2.75) is 65.5 Å². The maximum atomic E-state index is 4.82. The van der Waals surface area contributed by atoms with Gasteiger partial charge in [-0.3, -0.25) is 0 Å². The van der Waals surface area contributed by atoms with Gasteiger partial charge in [-0.2, -0.15) is 0 Å². The molecule has 1 aromatic heterocycles. The molecular weight excluding hydrogens is 228 g/mol. The standard InChI is InChI=1S/C14H24N2S/c1-4-5-12-13(9-15-11-6-7-11)17-14(16-12)8-10(2)3/h10-11,15H,4-9H2,1-3H3. The van der Waals surface area contributed by atoms with Crippen molar-refractivity contribution in [3.63, 3.8) is 0 Å². The molecule has 1 aromatic rings. The Kier molecular flexibility index (Phi) is 4.57. The number of nitrogens with zero attached hydrogens (tertiary/aromatic N) is 1. The summed E-state index contributed by atoms with van der Waals surface area (Å²) >= 11 is 1.92. The third kappa shape index (κ3) is 4.07. The predicted octanol–water partition coefficient (Wildman–Crippen LogP) is 3.55. The molecule has 0 unspecified atom stereocenters. The second-order valence-corrected chi connectivity index (χ2v) is 6.65. The number of hydrogen-bond donors (Lipinski definition) is 1. The van der Waals surface area contributed by atoms with Gasteiger partial charge in [0.2, 0.25) is 0 Å². The lowest BCUT2D eigenvalue weighted by molar-refractivity contribution is 0.642. The van der Waals surface area contributed by atoms with Crippen LogP contribution in [0.3, 0.4) is 0 Å². The molecule has 0 aliphatic heterocycles. The van der Waals surface area contributed by atoms with Crippen LogP contribution in [-0.4, -0.2) is 11.0 Å². The van der Waals surface area contributed by atoms with Gasteiger partial charge >= 0.3 is 0 Å². The summed E-state index contributed by atoms with van der Waals surface area (Å²) < 4.78 is 0. The molecule has 1 aliphatic carbocycles. The third-order valence-electron chi connectivity index (χ3n) is 3.02. The fourth-order valence-electron chi connectivity index (χ4n) is 1.97. The van der Waals surface area contributed by atoms with Gasteiger partial charge in [0.15, 0.2) is 0 Å². The summed E-state index contributed by atoms with van der Waals surface area (Å²) in [4.78, 5) is 6.30. The van der Waals surface area contributed by atoms with Crippen LogP contribution in [0.5, 0.6) is 0 Å². The predicted molar refractivity (Wildman–Crippen MR) is 74.5 cm³/mol. The lowest BCUT2D eigenvalue weighted by atomic mass is 10.1. The molecule has 0 bridgehead atoms. The first kappa shape index (κ1) is 13.0. The van der Waals surface area contributed by atoms with Gasteiger partial charge in [0, 0.05) is 23.9 Å². The van der Waals surface area contributed by atoms with Crippen molar-refractivity contribution in [3.05, 3.63) is 15.6 Å². The molecule has 96 valence electrons. The summed E-state index contributed by atoms with van der Waals surface area (Å²) in [5.74, 6) is 0.708. The number of rotatable bonds is 7. The van der Waals surface area contributed by atoms with Gasteiger partial charge in [-0.15, -0.1) is 11.3 Å². The molecule has 3 heteroatoms. The summed E-state index contributed by atoms with van der Waals surface area (Å²) in [6.07, 6.45) is 6.18. The van der Waals surface area contributed by atoms with Gasteiger partial charge in [-0.25, -0.2) is 4.98 Å². The van der Waals surface area contributed by atoms with Crippen molar-refractivity contribution in [1.82, 2.24) is 10.3 Å². The smallest absolute Gasteiger partial charge is 0.0934 e. The Labute approximate surface area is 109 Å². The summed E-state index contributed by atoms with van der Waals surface area (Å²) in [7, 11) is 0. The number of thiazole rings is 1. The average Bonchev–Trinajstić information content (AvgIpc) is 3.00. The van der Waals surface area contributed by atoms with Crippen LogP contribution < -0.4 is 5.32 Å². The first-order chi connectivity index (χ1) is 8.19. The van der Waals surface area contributed by atoms with Crippen molar-refractivity contribution in [1.29, 1.82) is 0 Å². The molecule has 1 saturated carbocycles. The topological polar surface area (TPSA) is 24.9 Å². The minimum absolute atomic E-state index is 0.708. The lowest BCUT2D eigenvalue weighted by Crippen LogP contribution is -2.15. The summed E-state index contributed by atoms with van der Waals surface area (Å²) in [6.45, 7) is 7.81. The molecule has 1 N–H and O–H groups in total. The van der Waals surface area contributed by atoms with E-state index in [2.05, 4.69) is 26.1 Å². The molecular formula is C14H24N2S. The Hall–Kier alpha value is -0.410. The second kappa shape index (κ2) is 5.96. The first-order valence-corrected chi connectivity index (χ1v) is 7.71. The van der Waals surface area contributed by atoms with Gasteiger partial charge in [-0.05, 0) is 25.2 Å². The summed E-state index contributed by atoms with van der Waals surface area (Å²) in [5.41, 5.74) is 1.35. The van der Waals surface area contributed by atoms with Gasteiger partial charge in [-0.1, -0.05) is 27.2 Å². The van der Waals surface area contributed by atoms with E-state index in [-0.39, 0.29) is 0 Å². The SMILES string of the molecule is CCCc1nc(CC(C)C)sc1CNC1CC1. The molecule has 2 rings (SSSR count). The largest absolute Gasteiger partial charge is 0.309 e. The van der Waals surface area contributed by atoms with Crippen molar-refractivity contribution in [3.8, 4) is 0 Å². The second-order valence-electron chi connectivity index (χ2n) is 5.48. The fourth-order valence-corrected chi connectivity index (χ4v) is 3.25. The Morgan fingerprint density at radius 3 is 2.76 bits per heavy atom. The molecule has 2 nitrogen and oxygen atoms in total. The van der Waals surface area contributed by atoms with E-state index in [9.17, 15) is 0 Å². The van der Waals surface area contributed by atoms with E-state index in [4.69, 9.17) is 4.98 Å². The Morgan fingerprint density at radius 1 is 1.41 bits per heavy atom. The zero-order chi connectivity index (χ0) is 12.3. The lowest BCUT2D eigenvalue weighted by Gasteiger charge is -2.01. The minimum atomic E-state index is 0.708. The van der Waals surface area contributed by atoms with E-state index in [0.717, 1.165) is 25.4 Å². The van der Waals surface area contributed by atoms with Crippen LogP contribution >= 0.6 is 11.3 Å². The summed E-state index contributed by atoms with van der Waals surface area (Å²) in [5, 5.41) is 4.94. The fraction of sp³-hybridized carbons (Fsp3) is 0.786. The highest BCUT2D eigenvalue weighted by Gasteiger charge is 2.21. The molecule has 0 saturated heterocycles. The van der Waals surface area contributed by atoms with Crippen LogP contribution in [0.25, 0.3) is 0 Å². The summed E-state index contributed by atoms with van der Waals surface area (Å²) in [6, 6.07) is 0.792. The van der Waals surface area contributed by atoms with Crippen LogP contribution in [0, 0.1) is 5.92 Å². The first-order valence-electron chi connectivity index (χ1n) is 6.89. The van der Waals surface area contributed by atoms with Crippen LogP contribution in [0.2, 0.25) is 0 Å². The van der Waals surface area contributed by atoms with Crippen molar-refractivity contribution in [2.75, 3.05) is 0 Å². The molecule has 0 radical (unpaired) electrons. The third-order valence-corrected chi connectivity index (χ3v) is 4.14. The minimum Gasteiger partial charge on any atom is -0.309 e. The maximum Gasteiger partial charge on any atom is 0.0934 e. The van der Waals surface area contributed by atoms with E-state index in [0.29, 0.717) is 5.92 Å². The van der Waals surface area contributed by atoms with Crippen molar-refractivity contribution < 1.29 is 0 Å². The van der Waals surface area contributed by atoms with Crippen molar-refractivity contribution in [2.24, 2.45) is 5.92 Å². The van der Waals surface area contributed by atoms with Crippen LogP contribution in [0.4, 0.5) is 0 Å². The van der Waals surface area contributed by atoms with E-state index in [1.54, 1.807) is 0 Å². The van der Waals surface area contributed by atoms with Gasteiger partial charge < -0.3 is 5.32 Å².